The second kappa shape index (κ2) is 8.23. The Morgan fingerprint density at radius 1 is 0.786 bits per heavy atom. The van der Waals surface area contributed by atoms with Crippen LogP contribution in [0, 0.1) is 0 Å². The number of aromatic nitrogens is 1. The molecule has 0 radical (unpaired) electrons. The van der Waals surface area contributed by atoms with Crippen LogP contribution in [0.2, 0.25) is 0 Å². The zero-order chi connectivity index (χ0) is 19.3. The number of hydrogen-bond donors (Lipinski definition) is 1. The van der Waals surface area contributed by atoms with E-state index in [1.165, 1.54) is 5.69 Å². The molecule has 0 saturated carbocycles. The van der Waals surface area contributed by atoms with Gasteiger partial charge in [-0.05, 0) is 29.8 Å². The first-order valence-electron chi connectivity index (χ1n) is 9.57. The fourth-order valence-corrected chi connectivity index (χ4v) is 3.60. The molecule has 0 aliphatic carbocycles. The van der Waals surface area contributed by atoms with Gasteiger partial charge in [-0.15, -0.1) is 0 Å². The average molecular weight is 372 g/mol. The number of ketones is 1. The number of benzene rings is 2. The summed E-state index contributed by atoms with van der Waals surface area (Å²) in [7, 11) is 0. The van der Waals surface area contributed by atoms with Gasteiger partial charge < -0.3 is 15.5 Å². The molecule has 142 valence electrons. The third kappa shape index (κ3) is 3.89. The monoisotopic (exact) mass is 372 g/mol. The van der Waals surface area contributed by atoms with E-state index in [9.17, 15) is 4.79 Å². The van der Waals surface area contributed by atoms with Gasteiger partial charge in [0.2, 0.25) is 0 Å². The van der Waals surface area contributed by atoms with Gasteiger partial charge in [-0.2, -0.15) is 0 Å². The molecule has 0 spiro atoms. The standard InChI is InChI=1S/C23H24N4O/c24-22(23(28)19-4-2-1-3-5-19)18-6-8-20(9-7-18)26-14-16-27(17-15-26)21-10-12-25-13-11-21/h1-13,22H,14-17,24H2. The highest BCUT2D eigenvalue weighted by Gasteiger charge is 2.20. The van der Waals surface area contributed by atoms with Gasteiger partial charge in [0, 0.05) is 55.5 Å². The largest absolute Gasteiger partial charge is 0.368 e. The van der Waals surface area contributed by atoms with E-state index in [1.807, 2.05) is 42.7 Å². The topological polar surface area (TPSA) is 62.5 Å². The third-order valence-corrected chi connectivity index (χ3v) is 5.27. The van der Waals surface area contributed by atoms with Crippen LogP contribution in [0.15, 0.2) is 79.1 Å². The van der Waals surface area contributed by atoms with Gasteiger partial charge in [0.1, 0.15) is 0 Å². The summed E-state index contributed by atoms with van der Waals surface area (Å²) in [6, 6.07) is 20.7. The molecule has 1 atom stereocenters. The maximum atomic E-state index is 12.6. The van der Waals surface area contributed by atoms with Crippen molar-refractivity contribution in [2.45, 2.75) is 6.04 Å². The summed E-state index contributed by atoms with van der Waals surface area (Å²) in [4.78, 5) is 21.4. The molecule has 1 aliphatic heterocycles. The Hall–Kier alpha value is -3.18. The quantitative estimate of drug-likeness (QED) is 0.697. The van der Waals surface area contributed by atoms with Crippen LogP contribution in [-0.4, -0.2) is 36.9 Å². The molecular formula is C23H24N4O. The van der Waals surface area contributed by atoms with Gasteiger partial charge in [0.05, 0.1) is 6.04 Å². The molecule has 1 aliphatic rings. The van der Waals surface area contributed by atoms with Crippen molar-refractivity contribution < 1.29 is 4.79 Å². The van der Waals surface area contributed by atoms with Crippen LogP contribution in [-0.2, 0) is 0 Å². The van der Waals surface area contributed by atoms with E-state index in [0.717, 1.165) is 37.4 Å². The Morgan fingerprint density at radius 2 is 1.32 bits per heavy atom. The number of nitrogens with two attached hydrogens (primary N) is 1. The molecule has 3 aromatic rings. The predicted molar refractivity (Wildman–Crippen MR) is 113 cm³/mol. The Bertz CT molecular complexity index is 904. The number of carbonyl (C=O) groups excluding carboxylic acids is 1. The first kappa shape index (κ1) is 18.2. The predicted octanol–water partition coefficient (Wildman–Crippen LogP) is 3.29. The van der Waals surface area contributed by atoms with E-state index in [1.54, 1.807) is 12.1 Å². The smallest absolute Gasteiger partial charge is 0.184 e. The van der Waals surface area contributed by atoms with Crippen LogP contribution < -0.4 is 15.5 Å². The SMILES string of the molecule is NC(C(=O)c1ccccc1)c1ccc(N2CCN(c3ccncc3)CC2)cc1. The number of hydrogen-bond acceptors (Lipinski definition) is 5. The zero-order valence-corrected chi connectivity index (χ0v) is 15.7. The Kier molecular flexibility index (Phi) is 5.35. The number of pyridine rings is 1. The molecule has 2 aromatic carbocycles. The Labute approximate surface area is 165 Å². The molecule has 1 fully saturated rings. The van der Waals surface area contributed by atoms with E-state index in [2.05, 4.69) is 39.0 Å². The lowest BCUT2D eigenvalue weighted by molar-refractivity contribution is 0.0961. The fourth-order valence-electron chi connectivity index (χ4n) is 3.60. The van der Waals surface area contributed by atoms with Crippen LogP contribution in [0.25, 0.3) is 0 Å². The van der Waals surface area contributed by atoms with Crippen LogP contribution in [0.4, 0.5) is 11.4 Å². The van der Waals surface area contributed by atoms with E-state index < -0.39 is 6.04 Å². The molecule has 0 bridgehead atoms. The van der Waals surface area contributed by atoms with E-state index in [4.69, 9.17) is 5.73 Å². The molecule has 1 unspecified atom stereocenters. The number of anilines is 2. The molecule has 4 rings (SSSR count). The maximum Gasteiger partial charge on any atom is 0.184 e. The highest BCUT2D eigenvalue weighted by atomic mass is 16.1. The number of piperazine rings is 1. The maximum absolute atomic E-state index is 12.6. The molecule has 5 nitrogen and oxygen atoms in total. The van der Waals surface area contributed by atoms with Gasteiger partial charge in [-0.25, -0.2) is 0 Å². The van der Waals surface area contributed by atoms with Crippen LogP contribution in [0.1, 0.15) is 22.0 Å². The van der Waals surface area contributed by atoms with E-state index >= 15 is 0 Å². The van der Waals surface area contributed by atoms with Crippen molar-refractivity contribution in [3.8, 4) is 0 Å². The number of nitrogens with zero attached hydrogens (tertiary/aromatic N) is 3. The number of carbonyl (C=O) groups is 1. The van der Waals surface area contributed by atoms with Crippen molar-refractivity contribution >= 4 is 17.2 Å². The first-order chi connectivity index (χ1) is 13.7. The molecule has 1 aromatic heterocycles. The molecular weight excluding hydrogens is 348 g/mol. The fraction of sp³-hybridized carbons (Fsp3) is 0.217. The normalized spacial score (nSPS) is 15.3. The highest BCUT2D eigenvalue weighted by Crippen LogP contribution is 2.23. The zero-order valence-electron chi connectivity index (χ0n) is 15.7. The summed E-state index contributed by atoms with van der Waals surface area (Å²) >= 11 is 0. The van der Waals surface area contributed by atoms with Crippen molar-refractivity contribution in [1.29, 1.82) is 0 Å². The van der Waals surface area contributed by atoms with Gasteiger partial charge >= 0.3 is 0 Å². The molecule has 28 heavy (non-hydrogen) atoms. The second-order valence-corrected chi connectivity index (χ2v) is 6.98. The van der Waals surface area contributed by atoms with Crippen molar-refractivity contribution in [3.05, 3.63) is 90.3 Å². The third-order valence-electron chi connectivity index (χ3n) is 5.27. The van der Waals surface area contributed by atoms with Crippen LogP contribution in [0.3, 0.4) is 0 Å². The molecule has 1 saturated heterocycles. The minimum atomic E-state index is -0.639. The van der Waals surface area contributed by atoms with Crippen molar-refractivity contribution in [2.24, 2.45) is 5.73 Å². The number of rotatable bonds is 5. The van der Waals surface area contributed by atoms with Gasteiger partial charge in [0.15, 0.2) is 5.78 Å². The first-order valence-corrected chi connectivity index (χ1v) is 9.57. The van der Waals surface area contributed by atoms with Crippen molar-refractivity contribution in [2.75, 3.05) is 36.0 Å². The lowest BCUT2D eigenvalue weighted by Crippen LogP contribution is -2.46. The van der Waals surface area contributed by atoms with Crippen molar-refractivity contribution in [3.63, 3.8) is 0 Å². The second-order valence-electron chi connectivity index (χ2n) is 6.98. The Morgan fingerprint density at radius 3 is 1.89 bits per heavy atom. The van der Waals surface area contributed by atoms with Crippen LogP contribution >= 0.6 is 0 Å². The molecule has 0 amide bonds. The van der Waals surface area contributed by atoms with Gasteiger partial charge in [-0.3, -0.25) is 9.78 Å². The van der Waals surface area contributed by atoms with Gasteiger partial charge in [-0.1, -0.05) is 42.5 Å². The number of Topliss-reactive ketones (excluding diaryl/α,β-unsaturated/α-hetero) is 1. The summed E-state index contributed by atoms with van der Waals surface area (Å²) in [6.45, 7) is 3.85. The van der Waals surface area contributed by atoms with Crippen LogP contribution in [0.5, 0.6) is 0 Å². The summed E-state index contributed by atoms with van der Waals surface area (Å²) < 4.78 is 0. The van der Waals surface area contributed by atoms with Crippen molar-refractivity contribution in [1.82, 2.24) is 4.98 Å². The summed E-state index contributed by atoms with van der Waals surface area (Å²) in [5.74, 6) is -0.0562. The van der Waals surface area contributed by atoms with E-state index in [-0.39, 0.29) is 5.78 Å². The molecule has 2 heterocycles. The molecule has 2 N–H and O–H groups in total. The van der Waals surface area contributed by atoms with E-state index in [0.29, 0.717) is 5.56 Å². The lowest BCUT2D eigenvalue weighted by Gasteiger charge is -2.37. The highest BCUT2D eigenvalue weighted by molar-refractivity contribution is 6.00. The summed E-state index contributed by atoms with van der Waals surface area (Å²) in [6.07, 6.45) is 3.67. The minimum Gasteiger partial charge on any atom is -0.368 e. The summed E-state index contributed by atoms with van der Waals surface area (Å²) in [5.41, 5.74) is 10.1. The average Bonchev–Trinajstić information content (AvgIpc) is 2.79. The lowest BCUT2D eigenvalue weighted by atomic mass is 9.98. The minimum absolute atomic E-state index is 0.0562. The Balaban J connectivity index is 1.39. The van der Waals surface area contributed by atoms with Gasteiger partial charge in [0.25, 0.3) is 0 Å². The molecule has 5 heteroatoms. The summed E-state index contributed by atoms with van der Waals surface area (Å²) in [5, 5.41) is 0.